The Labute approximate surface area is 235 Å². The summed E-state index contributed by atoms with van der Waals surface area (Å²) in [6.07, 6.45) is -2.72. The van der Waals surface area contributed by atoms with E-state index in [1.54, 1.807) is 0 Å². The Morgan fingerprint density at radius 2 is 1.33 bits per heavy atom. The summed E-state index contributed by atoms with van der Waals surface area (Å²) in [4.78, 5) is 39.9. The van der Waals surface area contributed by atoms with Crippen LogP contribution < -0.4 is 104 Å². The number of carbonyl (C=O) groups is 4. The Kier molecular flexibility index (Phi) is 19.2. The van der Waals surface area contributed by atoms with Gasteiger partial charge in [0, 0.05) is 24.8 Å². The van der Waals surface area contributed by atoms with Crippen molar-refractivity contribution in [1.82, 2.24) is 0 Å². The van der Waals surface area contributed by atoms with Gasteiger partial charge >= 0.3 is 94.6 Å². The molecule has 0 fully saturated rings. The van der Waals surface area contributed by atoms with E-state index >= 15 is 0 Å². The molecule has 1 aromatic carbocycles. The number of phenols is 1. The van der Waals surface area contributed by atoms with Crippen LogP contribution in [0.1, 0.15) is 23.2 Å². The fourth-order valence-electron chi connectivity index (χ4n) is 1.53. The third-order valence-corrected chi connectivity index (χ3v) is 3.60. The zero-order valence-electron chi connectivity index (χ0n) is 16.0. The molecule has 0 aromatic heterocycles. The Bertz CT molecular complexity index is 853. The smallest absolute Gasteiger partial charge is 0.550 e. The third-order valence-electron chi connectivity index (χ3n) is 2.75. The molecule has 1 rings (SSSR count). The number of benzene rings is 1. The quantitative estimate of drug-likeness (QED) is 0.211. The summed E-state index contributed by atoms with van der Waals surface area (Å²) in [6.45, 7) is 0. The van der Waals surface area contributed by atoms with Crippen LogP contribution in [0.2, 0.25) is 0 Å². The van der Waals surface area contributed by atoms with Gasteiger partial charge < -0.3 is 45.0 Å². The minimum absolute atomic E-state index is 0. The number of rotatable bonds is 7. The van der Waals surface area contributed by atoms with E-state index in [1.165, 1.54) is 0 Å². The van der Waals surface area contributed by atoms with Crippen LogP contribution in [0.25, 0.3) is 0 Å². The van der Waals surface area contributed by atoms with Crippen molar-refractivity contribution >= 4 is 34.0 Å². The second kappa shape index (κ2) is 15.6. The predicted octanol–water partition coefficient (Wildman–Crippen LogP) is -13.9. The molecular formula is C13H11Na3O13S. The number of hydrogen-bond acceptors (Lipinski definition) is 11. The number of hydrogen-bond donors (Lipinski definition) is 4. The molecule has 0 atom stereocenters. The second-order valence-electron chi connectivity index (χ2n) is 4.88. The minimum Gasteiger partial charge on any atom is -0.550 e. The van der Waals surface area contributed by atoms with Crippen LogP contribution in [0.15, 0.2) is 23.1 Å². The van der Waals surface area contributed by atoms with E-state index in [-0.39, 0.29) is 88.7 Å². The summed E-state index contributed by atoms with van der Waals surface area (Å²) in [5.74, 6) is -8.03. The number of aromatic carboxylic acids is 1. The van der Waals surface area contributed by atoms with Crippen molar-refractivity contribution < 1.29 is 151 Å². The standard InChI is InChI=1S/C7H6O6S.C6H8O7.3Na/c8-6-2-1-4(14(11,12)13)3-5(6)7(9)10;7-3(8)1-6(13,5(11)12)2-4(9)10;;;/h1-3,8H,(H,9,10)(H,11,12,13);13H,1-2H2,(H,7,8)(H,9,10)(H,11,12);;;/q;;3*+1/p-3. The van der Waals surface area contributed by atoms with Crippen LogP contribution in [-0.4, -0.2) is 57.8 Å². The molecule has 17 heteroatoms. The van der Waals surface area contributed by atoms with Crippen LogP contribution in [0.3, 0.4) is 0 Å². The number of carboxylic acid groups (broad SMARTS) is 4. The molecule has 0 heterocycles. The molecule has 0 aliphatic rings. The summed E-state index contributed by atoms with van der Waals surface area (Å²) in [7, 11) is -4.45. The Balaban J connectivity index is -0.000000206. The van der Waals surface area contributed by atoms with Crippen molar-refractivity contribution in [3.05, 3.63) is 23.8 Å². The zero-order chi connectivity index (χ0) is 21.6. The number of aromatic hydroxyl groups is 1. The van der Waals surface area contributed by atoms with Gasteiger partial charge in [-0.15, -0.1) is 0 Å². The van der Waals surface area contributed by atoms with Gasteiger partial charge in [-0.3, -0.25) is 4.55 Å². The molecule has 0 aliphatic carbocycles. The maximum Gasteiger partial charge on any atom is 1.00 e. The van der Waals surface area contributed by atoms with E-state index in [9.17, 15) is 42.9 Å². The van der Waals surface area contributed by atoms with Crippen molar-refractivity contribution in [3.8, 4) is 5.75 Å². The molecule has 0 bridgehead atoms. The van der Waals surface area contributed by atoms with E-state index in [1.807, 2.05) is 0 Å². The molecule has 30 heavy (non-hydrogen) atoms. The third kappa shape index (κ3) is 13.2. The number of aliphatic hydroxyl groups is 1. The van der Waals surface area contributed by atoms with Crippen molar-refractivity contribution in [2.24, 2.45) is 0 Å². The minimum atomic E-state index is -4.45. The van der Waals surface area contributed by atoms with Crippen LogP contribution in [0.5, 0.6) is 5.75 Å². The zero-order valence-corrected chi connectivity index (χ0v) is 22.8. The SMILES string of the molecule is O=C(O)c1cc(S(=O)(=O)O)ccc1O.O=C([O-])CC(O)(CC(=O)[O-])C(=O)[O-].[Na+].[Na+].[Na+]. The Hall–Kier alpha value is -0.230. The average Bonchev–Trinajstić information content (AvgIpc) is 2.44. The van der Waals surface area contributed by atoms with Crippen LogP contribution in [0.4, 0.5) is 0 Å². The molecule has 150 valence electrons. The van der Waals surface area contributed by atoms with E-state index in [0.29, 0.717) is 6.07 Å². The van der Waals surface area contributed by atoms with Crippen LogP contribution >= 0.6 is 0 Å². The first kappa shape index (κ1) is 37.1. The summed E-state index contributed by atoms with van der Waals surface area (Å²) in [5.41, 5.74) is -3.56. The fraction of sp³-hybridized carbons (Fsp3) is 0.231. The molecular weight excluding hydrogens is 465 g/mol. The maximum atomic E-state index is 10.6. The van der Waals surface area contributed by atoms with Gasteiger partial charge in [0.05, 0.1) is 10.9 Å². The first-order chi connectivity index (χ1) is 12.1. The Morgan fingerprint density at radius 1 is 0.933 bits per heavy atom. The van der Waals surface area contributed by atoms with E-state index in [0.717, 1.165) is 12.1 Å². The molecule has 4 N–H and O–H groups in total. The first-order valence-corrected chi connectivity index (χ1v) is 7.91. The predicted molar refractivity (Wildman–Crippen MR) is 74.1 cm³/mol. The van der Waals surface area contributed by atoms with Gasteiger partial charge in [-0.1, -0.05) is 0 Å². The van der Waals surface area contributed by atoms with Gasteiger partial charge in [0.2, 0.25) is 0 Å². The fourth-order valence-corrected chi connectivity index (χ4v) is 2.04. The summed E-state index contributed by atoms with van der Waals surface area (Å²) in [5, 5.41) is 56.5. The number of aliphatic carboxylic acids is 3. The molecule has 0 radical (unpaired) electrons. The molecule has 1 aromatic rings. The molecule has 13 nitrogen and oxygen atoms in total. The molecule has 0 spiro atoms. The van der Waals surface area contributed by atoms with Crippen LogP contribution in [-0.2, 0) is 24.5 Å². The van der Waals surface area contributed by atoms with Gasteiger partial charge in [-0.2, -0.15) is 8.42 Å². The van der Waals surface area contributed by atoms with Gasteiger partial charge in [-0.05, 0) is 18.2 Å². The largest absolute Gasteiger partial charge is 1.00 e. The van der Waals surface area contributed by atoms with Crippen LogP contribution in [0, 0.1) is 0 Å². The molecule has 0 unspecified atom stereocenters. The average molecular weight is 476 g/mol. The van der Waals surface area contributed by atoms with E-state index < -0.39 is 68.6 Å². The van der Waals surface area contributed by atoms with Crippen molar-refractivity contribution in [2.75, 3.05) is 0 Å². The number of carbonyl (C=O) groups excluding carboxylic acids is 3. The van der Waals surface area contributed by atoms with Gasteiger partial charge in [0.1, 0.15) is 16.9 Å². The van der Waals surface area contributed by atoms with Gasteiger partial charge in [-0.25, -0.2) is 4.79 Å². The molecule has 0 saturated heterocycles. The van der Waals surface area contributed by atoms with Crippen molar-refractivity contribution in [2.45, 2.75) is 23.3 Å². The summed E-state index contributed by atoms with van der Waals surface area (Å²) < 4.78 is 29.8. The molecule has 0 aliphatic heterocycles. The van der Waals surface area contributed by atoms with Gasteiger partial charge in [0.25, 0.3) is 10.1 Å². The van der Waals surface area contributed by atoms with Crippen molar-refractivity contribution in [1.29, 1.82) is 0 Å². The Morgan fingerprint density at radius 3 is 1.60 bits per heavy atom. The van der Waals surface area contributed by atoms with Gasteiger partial charge in [0.15, 0.2) is 0 Å². The number of carboxylic acids is 4. The molecule has 0 amide bonds. The first-order valence-electron chi connectivity index (χ1n) is 6.47. The van der Waals surface area contributed by atoms with E-state index in [4.69, 9.17) is 19.9 Å². The monoisotopic (exact) mass is 476 g/mol. The summed E-state index contributed by atoms with van der Waals surface area (Å²) in [6, 6.07) is 2.46. The maximum absolute atomic E-state index is 10.6. The second-order valence-corrected chi connectivity index (χ2v) is 6.30. The topological polar surface area (TPSA) is 253 Å². The normalized spacial score (nSPS) is 9.93. The molecule has 0 saturated carbocycles. The van der Waals surface area contributed by atoms with E-state index in [2.05, 4.69) is 0 Å². The van der Waals surface area contributed by atoms with Crippen molar-refractivity contribution in [3.63, 3.8) is 0 Å². The summed E-state index contributed by atoms with van der Waals surface area (Å²) >= 11 is 0.